The highest BCUT2D eigenvalue weighted by Crippen LogP contribution is 2.39. The number of carbonyl (C=O) groups is 2. The van der Waals surface area contributed by atoms with E-state index in [2.05, 4.69) is 5.32 Å². The van der Waals surface area contributed by atoms with Gasteiger partial charge in [-0.25, -0.2) is 14.6 Å². The average molecular weight is 417 g/mol. The topological polar surface area (TPSA) is 84.0 Å². The number of carbonyl (C=O) groups excluding carboxylic acids is 2. The molecule has 0 aliphatic carbocycles. The van der Waals surface area contributed by atoms with Gasteiger partial charge in [0, 0.05) is 25.1 Å². The van der Waals surface area contributed by atoms with E-state index in [-0.39, 0.29) is 24.2 Å². The number of nitrogens with zero attached hydrogens (tertiary/aromatic N) is 3. The van der Waals surface area contributed by atoms with Gasteiger partial charge in [0.2, 0.25) is 0 Å². The molecule has 3 aliphatic heterocycles. The van der Waals surface area contributed by atoms with Crippen LogP contribution in [0.5, 0.6) is 5.75 Å². The maximum atomic E-state index is 12.8. The SMILES string of the molecule is CC(C)(C)OC(=O)N1CCC2C(C1)NC(=O)N2c1nc2c3c(ccc2s1)OCC3. The van der Waals surface area contributed by atoms with E-state index in [4.69, 9.17) is 14.5 Å². The summed E-state index contributed by atoms with van der Waals surface area (Å²) in [6.07, 6.45) is 1.19. The van der Waals surface area contributed by atoms with Gasteiger partial charge in [-0.15, -0.1) is 0 Å². The molecule has 0 bridgehead atoms. The number of nitrogens with one attached hydrogen (secondary N) is 1. The number of likely N-dealkylation sites (tertiary alicyclic amines) is 1. The number of urea groups is 1. The third kappa shape index (κ3) is 3.17. The molecule has 1 aromatic heterocycles. The fraction of sp³-hybridized carbons (Fsp3) is 0.550. The summed E-state index contributed by atoms with van der Waals surface area (Å²) < 4.78 is 12.2. The van der Waals surface area contributed by atoms with Gasteiger partial charge in [-0.2, -0.15) is 0 Å². The van der Waals surface area contributed by atoms with Crippen molar-refractivity contribution < 1.29 is 19.1 Å². The molecular weight excluding hydrogens is 392 g/mol. The monoisotopic (exact) mass is 416 g/mol. The van der Waals surface area contributed by atoms with Crippen molar-refractivity contribution in [2.45, 2.75) is 51.3 Å². The fourth-order valence-electron chi connectivity index (χ4n) is 4.25. The normalized spacial score (nSPS) is 23.6. The minimum Gasteiger partial charge on any atom is -0.493 e. The van der Waals surface area contributed by atoms with E-state index in [9.17, 15) is 9.59 Å². The standard InChI is InChI=1S/C20H24N4O4S/c1-20(2,3)28-19(26)23-8-6-13-12(10-23)21-17(25)24(13)18-22-16-11-7-9-27-14(11)4-5-15(16)29-18/h4-5,12-13H,6-10H2,1-3H3,(H,21,25). The first-order valence-corrected chi connectivity index (χ1v) is 10.7. The molecule has 0 radical (unpaired) electrons. The molecule has 29 heavy (non-hydrogen) atoms. The fourth-order valence-corrected chi connectivity index (χ4v) is 5.30. The molecule has 3 aliphatic rings. The first-order chi connectivity index (χ1) is 13.8. The van der Waals surface area contributed by atoms with E-state index in [0.29, 0.717) is 31.2 Å². The van der Waals surface area contributed by atoms with Crippen molar-refractivity contribution in [3.8, 4) is 5.75 Å². The Bertz CT molecular complexity index is 998. The van der Waals surface area contributed by atoms with Crippen LogP contribution < -0.4 is 15.0 Å². The highest BCUT2D eigenvalue weighted by atomic mass is 32.1. The van der Waals surface area contributed by atoms with Gasteiger partial charge in [-0.3, -0.25) is 4.90 Å². The Morgan fingerprint density at radius 1 is 1.38 bits per heavy atom. The summed E-state index contributed by atoms with van der Waals surface area (Å²) in [6.45, 7) is 7.23. The molecule has 154 valence electrons. The van der Waals surface area contributed by atoms with Gasteiger partial charge in [-0.1, -0.05) is 11.3 Å². The van der Waals surface area contributed by atoms with E-state index in [0.717, 1.165) is 28.0 Å². The number of piperidine rings is 1. The zero-order valence-corrected chi connectivity index (χ0v) is 17.5. The molecule has 9 heteroatoms. The molecule has 0 spiro atoms. The lowest BCUT2D eigenvalue weighted by Gasteiger charge is -2.36. The number of hydrogen-bond donors (Lipinski definition) is 1. The Labute approximate surface area is 172 Å². The Balaban J connectivity index is 1.38. The van der Waals surface area contributed by atoms with E-state index in [1.807, 2.05) is 32.9 Å². The Hall–Kier alpha value is -2.55. The van der Waals surface area contributed by atoms with Crippen molar-refractivity contribution in [1.29, 1.82) is 0 Å². The maximum absolute atomic E-state index is 12.8. The van der Waals surface area contributed by atoms with Gasteiger partial charge in [0.15, 0.2) is 5.13 Å². The first-order valence-electron chi connectivity index (χ1n) is 9.93. The lowest BCUT2D eigenvalue weighted by molar-refractivity contribution is 0.0189. The van der Waals surface area contributed by atoms with Crippen LogP contribution in [-0.2, 0) is 11.2 Å². The number of amides is 3. The molecule has 5 rings (SSSR count). The minimum atomic E-state index is -0.538. The molecule has 1 N–H and O–H groups in total. The minimum absolute atomic E-state index is 0.0222. The lowest BCUT2D eigenvalue weighted by Crippen LogP contribution is -2.53. The lowest BCUT2D eigenvalue weighted by atomic mass is 10.0. The van der Waals surface area contributed by atoms with Crippen LogP contribution in [0, 0.1) is 0 Å². The van der Waals surface area contributed by atoms with Gasteiger partial charge in [0.25, 0.3) is 0 Å². The summed E-state index contributed by atoms with van der Waals surface area (Å²) in [5.41, 5.74) is 1.52. The van der Waals surface area contributed by atoms with Crippen LogP contribution in [0.3, 0.4) is 0 Å². The summed E-state index contributed by atoms with van der Waals surface area (Å²) in [6, 6.07) is 3.68. The van der Waals surface area contributed by atoms with Crippen LogP contribution >= 0.6 is 11.3 Å². The second kappa shape index (κ2) is 6.48. The van der Waals surface area contributed by atoms with Gasteiger partial charge < -0.3 is 19.7 Å². The predicted molar refractivity (Wildman–Crippen MR) is 110 cm³/mol. The molecule has 3 amide bonds. The molecule has 2 saturated heterocycles. The van der Waals surface area contributed by atoms with Crippen molar-refractivity contribution in [3.05, 3.63) is 17.7 Å². The molecule has 2 aromatic rings. The second-order valence-corrected chi connectivity index (χ2v) is 9.70. The Morgan fingerprint density at radius 2 is 2.21 bits per heavy atom. The van der Waals surface area contributed by atoms with Crippen molar-refractivity contribution in [2.24, 2.45) is 0 Å². The number of aromatic nitrogens is 1. The van der Waals surface area contributed by atoms with Crippen molar-refractivity contribution in [2.75, 3.05) is 24.6 Å². The number of anilines is 1. The van der Waals surface area contributed by atoms with Gasteiger partial charge >= 0.3 is 12.1 Å². The third-order valence-electron chi connectivity index (χ3n) is 5.51. The summed E-state index contributed by atoms with van der Waals surface area (Å²) >= 11 is 1.53. The zero-order chi connectivity index (χ0) is 20.3. The summed E-state index contributed by atoms with van der Waals surface area (Å²) in [7, 11) is 0. The average Bonchev–Trinajstić information content (AvgIpc) is 3.33. The van der Waals surface area contributed by atoms with Crippen LogP contribution in [0.15, 0.2) is 12.1 Å². The molecule has 0 saturated carbocycles. The molecule has 2 unspecified atom stereocenters. The van der Waals surface area contributed by atoms with Crippen molar-refractivity contribution >= 4 is 38.8 Å². The van der Waals surface area contributed by atoms with Crippen LogP contribution in [0.25, 0.3) is 10.2 Å². The number of thiazole rings is 1. The summed E-state index contributed by atoms with van der Waals surface area (Å²) in [5, 5.41) is 3.73. The van der Waals surface area contributed by atoms with Gasteiger partial charge in [0.1, 0.15) is 11.4 Å². The quantitative estimate of drug-likeness (QED) is 0.772. The van der Waals surface area contributed by atoms with Crippen LogP contribution in [0.1, 0.15) is 32.8 Å². The van der Waals surface area contributed by atoms with Crippen molar-refractivity contribution in [3.63, 3.8) is 0 Å². The summed E-state index contributed by atoms with van der Waals surface area (Å²) in [4.78, 5) is 33.5. The Morgan fingerprint density at radius 3 is 3.00 bits per heavy atom. The van der Waals surface area contributed by atoms with Gasteiger partial charge in [-0.05, 0) is 39.3 Å². The molecule has 8 nitrogen and oxygen atoms in total. The highest BCUT2D eigenvalue weighted by Gasteiger charge is 2.46. The second-order valence-electron chi connectivity index (χ2n) is 8.69. The van der Waals surface area contributed by atoms with E-state index in [1.54, 1.807) is 9.80 Å². The number of fused-ring (bicyclic) bond motifs is 4. The number of hydrogen-bond acceptors (Lipinski definition) is 6. The van der Waals surface area contributed by atoms with E-state index < -0.39 is 5.60 Å². The molecular formula is C20H24N4O4S. The molecule has 1 aromatic carbocycles. The first kappa shape index (κ1) is 18.5. The third-order valence-corrected chi connectivity index (χ3v) is 6.53. The number of benzene rings is 1. The molecule has 4 heterocycles. The highest BCUT2D eigenvalue weighted by molar-refractivity contribution is 7.22. The Kier molecular flexibility index (Phi) is 4.13. The van der Waals surface area contributed by atoms with Crippen LogP contribution in [0.2, 0.25) is 0 Å². The maximum Gasteiger partial charge on any atom is 0.410 e. The summed E-state index contributed by atoms with van der Waals surface area (Å²) in [5.74, 6) is 0.892. The van der Waals surface area contributed by atoms with Gasteiger partial charge in [0.05, 0.1) is 28.9 Å². The van der Waals surface area contributed by atoms with E-state index in [1.165, 1.54) is 11.3 Å². The van der Waals surface area contributed by atoms with Crippen LogP contribution in [0.4, 0.5) is 14.7 Å². The molecule has 2 fully saturated rings. The predicted octanol–water partition coefficient (Wildman–Crippen LogP) is 3.14. The number of ether oxygens (including phenoxy) is 2. The molecule has 2 atom stereocenters. The largest absolute Gasteiger partial charge is 0.493 e. The zero-order valence-electron chi connectivity index (χ0n) is 16.7. The van der Waals surface area contributed by atoms with E-state index >= 15 is 0 Å². The smallest absolute Gasteiger partial charge is 0.410 e. The van der Waals surface area contributed by atoms with Crippen molar-refractivity contribution in [1.82, 2.24) is 15.2 Å². The van der Waals surface area contributed by atoms with Crippen LogP contribution in [-0.4, -0.2) is 59.4 Å². The number of rotatable bonds is 1.